The molecule has 0 fully saturated rings. The molecule has 2 unspecified atom stereocenters. The lowest BCUT2D eigenvalue weighted by Gasteiger charge is -2.04. The maximum Gasteiger partial charge on any atom is 0.302 e. The highest BCUT2D eigenvalue weighted by molar-refractivity contribution is 7.74. The van der Waals surface area contributed by atoms with Gasteiger partial charge in [0.2, 0.25) is 0 Å². The van der Waals surface area contributed by atoms with Crippen LogP contribution in [0.2, 0.25) is 0 Å². The van der Waals surface area contributed by atoms with E-state index < -0.39 is 11.4 Å². The van der Waals surface area contributed by atoms with Crippen molar-refractivity contribution in [1.29, 1.82) is 0 Å². The molecule has 0 aliphatic carbocycles. The standard InChI is InChI=1S/C5H10O3S/c1-3-5(4-2)8-9(6)7/h3,5H,1,4H2,2H3,(H,6,7). The molecule has 0 aromatic heterocycles. The van der Waals surface area contributed by atoms with Gasteiger partial charge in [0.25, 0.3) is 0 Å². The SMILES string of the molecule is C=CC(CC)OS(=O)O. The Bertz CT molecular complexity index is 113. The molecular formula is C5H10O3S. The van der Waals surface area contributed by atoms with Crippen molar-refractivity contribution in [2.45, 2.75) is 19.4 Å². The fraction of sp³-hybridized carbons (Fsp3) is 0.600. The molecule has 3 nitrogen and oxygen atoms in total. The highest BCUT2D eigenvalue weighted by Crippen LogP contribution is 1.99. The Morgan fingerprint density at radius 2 is 2.56 bits per heavy atom. The average molecular weight is 150 g/mol. The van der Waals surface area contributed by atoms with Gasteiger partial charge in [0.1, 0.15) is 0 Å². The summed E-state index contributed by atoms with van der Waals surface area (Å²) >= 11 is -2.17. The van der Waals surface area contributed by atoms with Gasteiger partial charge in [-0.1, -0.05) is 13.0 Å². The first-order chi connectivity index (χ1) is 4.20. The molecule has 0 aromatic rings. The smallest absolute Gasteiger partial charge is 0.284 e. The molecule has 4 heteroatoms. The van der Waals surface area contributed by atoms with E-state index in [1.54, 1.807) is 0 Å². The zero-order valence-corrected chi connectivity index (χ0v) is 6.06. The Balaban J connectivity index is 3.55. The van der Waals surface area contributed by atoms with Gasteiger partial charge in [0.05, 0.1) is 6.10 Å². The van der Waals surface area contributed by atoms with Crippen LogP contribution in [0.25, 0.3) is 0 Å². The van der Waals surface area contributed by atoms with Crippen LogP contribution in [-0.2, 0) is 15.5 Å². The van der Waals surface area contributed by atoms with Crippen molar-refractivity contribution in [3.8, 4) is 0 Å². The van der Waals surface area contributed by atoms with Gasteiger partial charge in [-0.2, -0.15) is 4.21 Å². The predicted octanol–water partition coefficient (Wildman–Crippen LogP) is 1.10. The van der Waals surface area contributed by atoms with Gasteiger partial charge < -0.3 is 0 Å². The van der Waals surface area contributed by atoms with Crippen LogP contribution < -0.4 is 0 Å². The molecule has 0 saturated carbocycles. The van der Waals surface area contributed by atoms with Gasteiger partial charge >= 0.3 is 11.4 Å². The second-order valence-corrected chi connectivity index (χ2v) is 2.12. The molecule has 0 heterocycles. The summed E-state index contributed by atoms with van der Waals surface area (Å²) in [6.45, 7) is 5.26. The molecule has 9 heavy (non-hydrogen) atoms. The van der Waals surface area contributed by atoms with E-state index in [2.05, 4.69) is 10.8 Å². The van der Waals surface area contributed by atoms with Crippen LogP contribution in [0.4, 0.5) is 0 Å². The number of hydrogen-bond donors (Lipinski definition) is 1. The van der Waals surface area contributed by atoms with Gasteiger partial charge in [-0.3, -0.25) is 8.74 Å². The van der Waals surface area contributed by atoms with E-state index >= 15 is 0 Å². The summed E-state index contributed by atoms with van der Waals surface area (Å²) in [5.74, 6) is 0. The van der Waals surface area contributed by atoms with Crippen molar-refractivity contribution in [2.75, 3.05) is 0 Å². The Hall–Kier alpha value is -0.190. The van der Waals surface area contributed by atoms with E-state index in [1.165, 1.54) is 6.08 Å². The van der Waals surface area contributed by atoms with Crippen molar-refractivity contribution in [2.24, 2.45) is 0 Å². The molecule has 1 N–H and O–H groups in total. The summed E-state index contributed by atoms with van der Waals surface area (Å²) in [6.07, 6.45) is 1.85. The molecule has 0 bridgehead atoms. The van der Waals surface area contributed by atoms with Crippen LogP contribution in [0.3, 0.4) is 0 Å². The lowest BCUT2D eigenvalue weighted by molar-refractivity contribution is 0.244. The molecule has 0 rings (SSSR count). The summed E-state index contributed by atoms with van der Waals surface area (Å²) in [7, 11) is 0. The molecule has 0 amide bonds. The maximum absolute atomic E-state index is 9.97. The zero-order chi connectivity index (χ0) is 7.28. The third kappa shape index (κ3) is 4.32. The number of rotatable bonds is 4. The lowest BCUT2D eigenvalue weighted by atomic mass is 10.3. The molecule has 0 radical (unpaired) electrons. The molecule has 0 aliphatic rings. The minimum atomic E-state index is -2.17. The average Bonchev–Trinajstić information content (AvgIpc) is 1.82. The second kappa shape index (κ2) is 4.67. The van der Waals surface area contributed by atoms with Crippen molar-refractivity contribution in [3.63, 3.8) is 0 Å². The topological polar surface area (TPSA) is 46.5 Å². The molecule has 2 atom stereocenters. The first-order valence-corrected chi connectivity index (χ1v) is 3.64. The fourth-order valence-corrected chi connectivity index (χ4v) is 0.806. The Kier molecular flexibility index (Phi) is 4.57. The van der Waals surface area contributed by atoms with Gasteiger partial charge in [0.15, 0.2) is 0 Å². The highest BCUT2D eigenvalue weighted by Gasteiger charge is 2.03. The lowest BCUT2D eigenvalue weighted by Crippen LogP contribution is -2.09. The Morgan fingerprint density at radius 1 is 2.00 bits per heavy atom. The molecule has 0 aromatic carbocycles. The largest absolute Gasteiger partial charge is 0.302 e. The minimum Gasteiger partial charge on any atom is -0.284 e. The fourth-order valence-electron chi connectivity index (χ4n) is 0.380. The normalized spacial score (nSPS) is 16.7. The summed E-state index contributed by atoms with van der Waals surface area (Å²) in [5.41, 5.74) is 0. The van der Waals surface area contributed by atoms with Gasteiger partial charge in [-0.05, 0) is 6.42 Å². The van der Waals surface area contributed by atoms with Gasteiger partial charge in [0, 0.05) is 0 Å². The van der Waals surface area contributed by atoms with E-state index in [4.69, 9.17) is 4.55 Å². The van der Waals surface area contributed by atoms with Crippen LogP contribution in [0.5, 0.6) is 0 Å². The third-order valence-electron chi connectivity index (χ3n) is 0.871. The molecule has 0 spiro atoms. The highest BCUT2D eigenvalue weighted by atomic mass is 32.2. The van der Waals surface area contributed by atoms with Crippen LogP contribution in [0.1, 0.15) is 13.3 Å². The first kappa shape index (κ1) is 8.81. The number of hydrogen-bond acceptors (Lipinski definition) is 2. The van der Waals surface area contributed by atoms with Crippen molar-refractivity contribution in [1.82, 2.24) is 0 Å². The van der Waals surface area contributed by atoms with Gasteiger partial charge in [-0.25, -0.2) is 0 Å². The monoisotopic (exact) mass is 150 g/mol. The maximum atomic E-state index is 9.97. The predicted molar refractivity (Wildman–Crippen MR) is 36.1 cm³/mol. The van der Waals surface area contributed by atoms with E-state index in [0.717, 1.165) is 0 Å². The van der Waals surface area contributed by atoms with Crippen LogP contribution in [0.15, 0.2) is 12.7 Å². The van der Waals surface area contributed by atoms with Crippen LogP contribution >= 0.6 is 0 Å². The summed E-state index contributed by atoms with van der Waals surface area (Å²) in [6, 6.07) is 0. The van der Waals surface area contributed by atoms with E-state index in [-0.39, 0.29) is 6.10 Å². The van der Waals surface area contributed by atoms with Crippen molar-refractivity contribution in [3.05, 3.63) is 12.7 Å². The van der Waals surface area contributed by atoms with Crippen LogP contribution in [0, 0.1) is 0 Å². The molecular weight excluding hydrogens is 140 g/mol. The molecule has 54 valence electrons. The minimum absolute atomic E-state index is 0.309. The summed E-state index contributed by atoms with van der Waals surface area (Å²) in [5, 5.41) is 0. The third-order valence-corrected chi connectivity index (χ3v) is 1.28. The second-order valence-electron chi connectivity index (χ2n) is 1.50. The van der Waals surface area contributed by atoms with E-state index in [9.17, 15) is 4.21 Å². The zero-order valence-electron chi connectivity index (χ0n) is 5.24. The van der Waals surface area contributed by atoms with Gasteiger partial charge in [-0.15, -0.1) is 6.58 Å². The molecule has 0 aliphatic heterocycles. The van der Waals surface area contributed by atoms with E-state index in [0.29, 0.717) is 6.42 Å². The van der Waals surface area contributed by atoms with Crippen molar-refractivity contribution < 1.29 is 12.9 Å². The Labute approximate surface area is 57.2 Å². The Morgan fingerprint density at radius 3 is 2.67 bits per heavy atom. The van der Waals surface area contributed by atoms with Crippen LogP contribution in [-0.4, -0.2) is 14.9 Å². The van der Waals surface area contributed by atoms with E-state index in [1.807, 2.05) is 6.92 Å². The summed E-state index contributed by atoms with van der Waals surface area (Å²) in [4.78, 5) is 0. The quantitative estimate of drug-likeness (QED) is 0.482. The summed E-state index contributed by atoms with van der Waals surface area (Å²) < 4.78 is 22.6. The first-order valence-electron chi connectivity index (χ1n) is 2.61. The molecule has 0 saturated heterocycles. The van der Waals surface area contributed by atoms with Crippen molar-refractivity contribution >= 4 is 11.4 Å².